The van der Waals surface area contributed by atoms with E-state index in [-0.39, 0.29) is 0 Å². The van der Waals surface area contributed by atoms with Gasteiger partial charge in [0.25, 0.3) is 0 Å². The van der Waals surface area contributed by atoms with E-state index >= 15 is 0 Å². The summed E-state index contributed by atoms with van der Waals surface area (Å²) in [6.07, 6.45) is -7.42. The number of nitrogens with zero attached hydrogens (tertiary/aromatic N) is 4. The normalized spacial score (nSPS) is 12.8. The van der Waals surface area contributed by atoms with Crippen molar-refractivity contribution >= 4 is 11.6 Å². The highest BCUT2D eigenvalue weighted by Crippen LogP contribution is 2.32. The van der Waals surface area contributed by atoms with Gasteiger partial charge in [0.2, 0.25) is 0 Å². The Bertz CT molecular complexity index is 633. The van der Waals surface area contributed by atoms with Crippen LogP contribution in [0.4, 0.5) is 38.0 Å². The second kappa shape index (κ2) is 5.70. The Morgan fingerprint density at radius 1 is 0.682 bits per heavy atom. The number of halogens is 6. The Morgan fingerprint density at radius 3 is 1.36 bits per heavy atom. The zero-order valence-corrected chi connectivity index (χ0v) is 10.5. The summed E-state index contributed by atoms with van der Waals surface area (Å²) >= 11 is 0. The Kier molecular flexibility index (Phi) is 4.11. The second-order valence-corrected chi connectivity index (χ2v) is 4.00. The highest BCUT2D eigenvalue weighted by Gasteiger charge is 2.31. The number of aromatic nitrogens is 2. The molecular weight excluding hydrogens is 314 g/mol. The highest BCUT2D eigenvalue weighted by molar-refractivity contribution is 5.35. The lowest BCUT2D eigenvalue weighted by Crippen LogP contribution is -2.04. The van der Waals surface area contributed by atoms with E-state index in [2.05, 4.69) is 20.2 Å². The molecule has 4 nitrogen and oxygen atoms in total. The van der Waals surface area contributed by atoms with Crippen molar-refractivity contribution in [1.29, 1.82) is 0 Å². The van der Waals surface area contributed by atoms with Crippen LogP contribution in [0.3, 0.4) is 0 Å². The van der Waals surface area contributed by atoms with Crippen LogP contribution in [-0.4, -0.2) is 9.97 Å². The minimum absolute atomic E-state index is 0.394. The first-order chi connectivity index (χ1) is 10.2. The molecule has 0 aliphatic carbocycles. The molecule has 2 heterocycles. The van der Waals surface area contributed by atoms with Crippen LogP contribution in [0, 0.1) is 0 Å². The molecule has 0 unspecified atom stereocenters. The molecule has 2 aromatic heterocycles. The molecule has 0 aromatic carbocycles. The fourth-order valence-corrected chi connectivity index (χ4v) is 1.40. The van der Waals surface area contributed by atoms with Gasteiger partial charge in [-0.3, -0.25) is 0 Å². The van der Waals surface area contributed by atoms with Gasteiger partial charge in [0, 0.05) is 12.4 Å². The minimum Gasteiger partial charge on any atom is -0.236 e. The molecule has 10 heteroatoms. The molecule has 0 atom stereocenters. The van der Waals surface area contributed by atoms with E-state index in [4.69, 9.17) is 0 Å². The smallest absolute Gasteiger partial charge is 0.236 e. The van der Waals surface area contributed by atoms with Crippen molar-refractivity contribution in [3.05, 3.63) is 47.8 Å². The van der Waals surface area contributed by atoms with Crippen LogP contribution in [-0.2, 0) is 12.4 Å². The molecule has 2 aromatic rings. The van der Waals surface area contributed by atoms with E-state index in [1.807, 2.05) is 0 Å². The van der Waals surface area contributed by atoms with Crippen LogP contribution in [0.15, 0.2) is 46.9 Å². The van der Waals surface area contributed by atoms with E-state index in [0.717, 1.165) is 24.5 Å². The molecular formula is C12H6F6N4. The summed E-state index contributed by atoms with van der Waals surface area (Å²) in [6.45, 7) is 0. The highest BCUT2D eigenvalue weighted by atomic mass is 19.4. The molecule has 0 saturated carbocycles. The molecule has 2 rings (SSSR count). The molecule has 0 fully saturated rings. The number of hydrogen-bond donors (Lipinski definition) is 0. The monoisotopic (exact) mass is 320 g/mol. The van der Waals surface area contributed by atoms with E-state index in [1.54, 1.807) is 0 Å². The summed E-state index contributed by atoms with van der Waals surface area (Å²) in [5.74, 6) is -0.789. The second-order valence-electron chi connectivity index (χ2n) is 4.00. The zero-order chi connectivity index (χ0) is 16.4. The van der Waals surface area contributed by atoms with Gasteiger partial charge in [-0.2, -0.15) is 26.3 Å². The maximum Gasteiger partial charge on any atom is 0.416 e. The molecule has 0 saturated heterocycles. The van der Waals surface area contributed by atoms with Crippen LogP contribution in [0.5, 0.6) is 0 Å². The van der Waals surface area contributed by atoms with Crippen molar-refractivity contribution in [2.75, 3.05) is 0 Å². The quantitative estimate of drug-likeness (QED) is 0.582. The molecule has 116 valence electrons. The summed E-state index contributed by atoms with van der Waals surface area (Å²) in [5, 5.41) is 6.72. The lowest BCUT2D eigenvalue weighted by atomic mass is 10.2. The fraction of sp³-hybridized carbons (Fsp3) is 0.167. The number of hydrogen-bond acceptors (Lipinski definition) is 4. The SMILES string of the molecule is FC(F)(F)c1ccnc(N=Nc2cc(C(F)(F)F)ccn2)c1. The Morgan fingerprint density at radius 2 is 1.05 bits per heavy atom. The Balaban J connectivity index is 2.26. The van der Waals surface area contributed by atoms with Gasteiger partial charge in [0.1, 0.15) is 0 Å². The van der Waals surface area contributed by atoms with Gasteiger partial charge in [-0.25, -0.2) is 9.97 Å². The van der Waals surface area contributed by atoms with Crippen molar-refractivity contribution in [2.45, 2.75) is 12.4 Å². The molecule has 0 radical (unpaired) electrons. The third-order valence-corrected chi connectivity index (χ3v) is 2.40. The number of rotatable bonds is 2. The average molecular weight is 320 g/mol. The molecule has 0 aliphatic rings. The van der Waals surface area contributed by atoms with Crippen molar-refractivity contribution in [1.82, 2.24) is 9.97 Å². The van der Waals surface area contributed by atoms with Gasteiger partial charge in [-0.15, -0.1) is 10.2 Å². The molecule has 22 heavy (non-hydrogen) atoms. The summed E-state index contributed by atoms with van der Waals surface area (Å²) in [6, 6.07) is 2.72. The number of alkyl halides is 6. The Labute approximate surface area is 119 Å². The van der Waals surface area contributed by atoms with Crippen molar-refractivity contribution < 1.29 is 26.3 Å². The van der Waals surface area contributed by atoms with E-state index < -0.39 is 35.1 Å². The van der Waals surface area contributed by atoms with E-state index in [1.165, 1.54) is 0 Å². The van der Waals surface area contributed by atoms with Gasteiger partial charge >= 0.3 is 12.4 Å². The summed E-state index contributed by atoms with van der Waals surface area (Å²) in [7, 11) is 0. The van der Waals surface area contributed by atoms with Gasteiger partial charge in [-0.05, 0) is 24.3 Å². The van der Waals surface area contributed by atoms with Gasteiger partial charge in [0.05, 0.1) is 11.1 Å². The van der Waals surface area contributed by atoms with Gasteiger partial charge in [0.15, 0.2) is 11.6 Å². The van der Waals surface area contributed by atoms with E-state index in [9.17, 15) is 26.3 Å². The van der Waals surface area contributed by atoms with Gasteiger partial charge in [-0.1, -0.05) is 0 Å². The average Bonchev–Trinajstić information content (AvgIpc) is 2.44. The third kappa shape index (κ3) is 3.99. The lowest BCUT2D eigenvalue weighted by Gasteiger charge is -2.06. The van der Waals surface area contributed by atoms with Crippen molar-refractivity contribution in [2.24, 2.45) is 10.2 Å². The van der Waals surface area contributed by atoms with Gasteiger partial charge < -0.3 is 0 Å². The maximum atomic E-state index is 12.5. The zero-order valence-electron chi connectivity index (χ0n) is 10.5. The first-order valence-corrected chi connectivity index (χ1v) is 5.64. The number of pyridine rings is 2. The van der Waals surface area contributed by atoms with Crippen LogP contribution < -0.4 is 0 Å². The summed E-state index contributed by atoms with van der Waals surface area (Å²) in [4.78, 5) is 7.06. The van der Waals surface area contributed by atoms with Crippen LogP contribution in [0.25, 0.3) is 0 Å². The molecule has 0 N–H and O–H groups in total. The first kappa shape index (κ1) is 15.9. The van der Waals surface area contributed by atoms with Crippen LogP contribution in [0.2, 0.25) is 0 Å². The maximum absolute atomic E-state index is 12.5. The predicted octanol–water partition coefficient (Wildman–Crippen LogP) is 4.93. The topological polar surface area (TPSA) is 50.5 Å². The summed E-state index contributed by atoms with van der Waals surface area (Å²) < 4.78 is 74.9. The standard InChI is InChI=1S/C12H6F6N4/c13-11(14,15)7-1-3-19-9(5-7)21-22-10-6-8(2-4-20-10)12(16,17)18/h1-6H. The molecule has 0 amide bonds. The predicted molar refractivity (Wildman–Crippen MR) is 62.7 cm³/mol. The third-order valence-electron chi connectivity index (χ3n) is 2.40. The number of azo groups is 1. The van der Waals surface area contributed by atoms with Crippen molar-refractivity contribution in [3.8, 4) is 0 Å². The van der Waals surface area contributed by atoms with E-state index in [0.29, 0.717) is 12.1 Å². The minimum atomic E-state index is -4.58. The van der Waals surface area contributed by atoms with Crippen molar-refractivity contribution in [3.63, 3.8) is 0 Å². The summed E-state index contributed by atoms with van der Waals surface area (Å²) in [5.41, 5.74) is -1.98. The fourth-order valence-electron chi connectivity index (χ4n) is 1.40. The molecule has 0 spiro atoms. The largest absolute Gasteiger partial charge is 0.416 e. The lowest BCUT2D eigenvalue weighted by molar-refractivity contribution is -0.138. The molecule has 0 bridgehead atoms. The van der Waals surface area contributed by atoms with Crippen LogP contribution in [0.1, 0.15) is 11.1 Å². The Hall–Kier alpha value is -2.52. The first-order valence-electron chi connectivity index (χ1n) is 5.64. The molecule has 0 aliphatic heterocycles. The van der Waals surface area contributed by atoms with Crippen LogP contribution >= 0.6 is 0 Å².